The molecule has 6 rings (SSSR count). The largest absolute Gasteiger partial charge is 0.481 e. The summed E-state index contributed by atoms with van der Waals surface area (Å²) in [5, 5.41) is 12.1. The third-order valence-electron chi connectivity index (χ3n) is 8.47. The van der Waals surface area contributed by atoms with E-state index in [9.17, 15) is 19.5 Å². The van der Waals surface area contributed by atoms with Gasteiger partial charge in [-0.15, -0.1) is 0 Å². The summed E-state index contributed by atoms with van der Waals surface area (Å²) >= 11 is 0. The van der Waals surface area contributed by atoms with Gasteiger partial charge in [0.1, 0.15) is 12.6 Å². The quantitative estimate of drug-likeness (QED) is 0.444. The molecule has 2 saturated heterocycles. The second-order valence-electron chi connectivity index (χ2n) is 10.9. The highest BCUT2D eigenvalue weighted by atomic mass is 16.5. The number of fused-ring (bicyclic) bond motifs is 5. The highest BCUT2D eigenvalue weighted by Crippen LogP contribution is 2.44. The maximum Gasteiger partial charge on any atom is 0.407 e. The van der Waals surface area contributed by atoms with Crippen molar-refractivity contribution in [3.63, 3.8) is 0 Å². The van der Waals surface area contributed by atoms with E-state index in [2.05, 4.69) is 34.5 Å². The first-order chi connectivity index (χ1) is 19.5. The number of carbonyl (C=O) groups is 3. The number of ether oxygens (including phenoxy) is 1. The molecule has 2 amide bonds. The van der Waals surface area contributed by atoms with Crippen LogP contribution in [0.5, 0.6) is 0 Å². The molecule has 0 radical (unpaired) electrons. The number of amides is 2. The Hall–Kier alpha value is -4.17. The summed E-state index contributed by atoms with van der Waals surface area (Å²) in [5.41, 5.74) is 5.64. The van der Waals surface area contributed by atoms with Crippen molar-refractivity contribution < 1.29 is 24.2 Å². The van der Waals surface area contributed by atoms with Gasteiger partial charge in [-0.1, -0.05) is 78.9 Å². The van der Waals surface area contributed by atoms with Crippen LogP contribution in [0.1, 0.15) is 41.9 Å². The van der Waals surface area contributed by atoms with Crippen LogP contribution in [0.25, 0.3) is 11.1 Å². The number of hydrogen-bond acceptors (Lipinski definition) is 5. The van der Waals surface area contributed by atoms with Gasteiger partial charge in [0.05, 0.1) is 6.42 Å². The van der Waals surface area contributed by atoms with Crippen molar-refractivity contribution in [3.05, 3.63) is 95.6 Å². The van der Waals surface area contributed by atoms with E-state index in [-0.39, 0.29) is 30.5 Å². The Morgan fingerprint density at radius 3 is 2.02 bits per heavy atom. The van der Waals surface area contributed by atoms with Crippen molar-refractivity contribution in [2.24, 2.45) is 0 Å². The number of likely N-dealkylation sites (tertiary alicyclic amines) is 1. The van der Waals surface area contributed by atoms with E-state index in [1.54, 1.807) is 4.90 Å². The minimum absolute atomic E-state index is 0.0934. The van der Waals surface area contributed by atoms with Crippen LogP contribution in [0.2, 0.25) is 0 Å². The molecule has 3 aromatic rings. The highest BCUT2D eigenvalue weighted by Gasteiger charge is 2.43. The minimum atomic E-state index is -1.19. The van der Waals surface area contributed by atoms with Crippen LogP contribution in [-0.4, -0.2) is 70.7 Å². The SMILES string of the molecule is O=C(O)CC(NC(=O)OCC1c2ccccc2-c2ccccc21)C(=O)N1C[C@H]2CC[C@@H](C1)N2Cc1ccccc1. The molecule has 0 aromatic heterocycles. The summed E-state index contributed by atoms with van der Waals surface area (Å²) in [4.78, 5) is 42.2. The first-order valence-corrected chi connectivity index (χ1v) is 13.9. The van der Waals surface area contributed by atoms with Crippen molar-refractivity contribution in [1.29, 1.82) is 0 Å². The Kier molecular flexibility index (Phi) is 7.26. The number of piperazine rings is 1. The second kappa shape index (κ2) is 11.1. The first-order valence-electron chi connectivity index (χ1n) is 13.9. The van der Waals surface area contributed by atoms with Crippen LogP contribution < -0.4 is 5.32 Å². The fourth-order valence-corrected chi connectivity index (χ4v) is 6.60. The monoisotopic (exact) mass is 539 g/mol. The molecule has 1 unspecified atom stereocenters. The normalized spacial score (nSPS) is 20.4. The lowest BCUT2D eigenvalue weighted by molar-refractivity contribution is -0.144. The number of nitrogens with zero attached hydrogens (tertiary/aromatic N) is 2. The van der Waals surface area contributed by atoms with Gasteiger partial charge in [0.25, 0.3) is 0 Å². The first kappa shape index (κ1) is 26.1. The van der Waals surface area contributed by atoms with Crippen molar-refractivity contribution >= 4 is 18.0 Å². The molecule has 8 nitrogen and oxygen atoms in total. The Balaban J connectivity index is 1.09. The molecule has 3 aromatic carbocycles. The number of carboxylic acids is 1. The van der Waals surface area contributed by atoms with E-state index in [1.165, 1.54) is 5.56 Å². The van der Waals surface area contributed by atoms with E-state index >= 15 is 0 Å². The van der Waals surface area contributed by atoms with E-state index in [1.807, 2.05) is 54.6 Å². The second-order valence-corrected chi connectivity index (χ2v) is 10.9. The van der Waals surface area contributed by atoms with Gasteiger partial charge in [-0.2, -0.15) is 0 Å². The fraction of sp³-hybridized carbons (Fsp3) is 0.344. The maximum absolute atomic E-state index is 13.5. The van der Waals surface area contributed by atoms with Crippen LogP contribution in [0.4, 0.5) is 4.79 Å². The van der Waals surface area contributed by atoms with E-state index in [4.69, 9.17) is 4.74 Å². The van der Waals surface area contributed by atoms with Gasteiger partial charge in [-0.25, -0.2) is 4.79 Å². The molecule has 0 spiro atoms. The summed E-state index contributed by atoms with van der Waals surface area (Å²) in [5.74, 6) is -1.64. The Morgan fingerprint density at radius 1 is 0.850 bits per heavy atom. The van der Waals surface area contributed by atoms with Crippen LogP contribution in [0, 0.1) is 0 Å². The molecular formula is C32H33N3O5. The molecule has 3 aliphatic rings. The molecule has 0 saturated carbocycles. The lowest BCUT2D eigenvalue weighted by atomic mass is 9.98. The van der Waals surface area contributed by atoms with Crippen molar-refractivity contribution in [3.8, 4) is 11.1 Å². The molecule has 2 N–H and O–H groups in total. The van der Waals surface area contributed by atoms with Gasteiger partial charge in [0, 0.05) is 37.6 Å². The molecule has 3 atom stereocenters. The van der Waals surface area contributed by atoms with Crippen LogP contribution in [0.15, 0.2) is 78.9 Å². The average molecular weight is 540 g/mol. The van der Waals surface area contributed by atoms with Crippen LogP contribution >= 0.6 is 0 Å². The third-order valence-corrected chi connectivity index (χ3v) is 8.47. The third kappa shape index (κ3) is 5.19. The van der Waals surface area contributed by atoms with Gasteiger partial charge in [-0.05, 0) is 40.7 Å². The number of benzene rings is 3. The Labute approximate surface area is 233 Å². The van der Waals surface area contributed by atoms with Crippen molar-refractivity contribution in [1.82, 2.24) is 15.1 Å². The van der Waals surface area contributed by atoms with Gasteiger partial charge in [0.2, 0.25) is 5.91 Å². The predicted octanol–water partition coefficient (Wildman–Crippen LogP) is 4.24. The fourth-order valence-electron chi connectivity index (χ4n) is 6.60. The smallest absolute Gasteiger partial charge is 0.407 e. The summed E-state index contributed by atoms with van der Waals surface area (Å²) in [7, 11) is 0. The maximum atomic E-state index is 13.5. The predicted molar refractivity (Wildman–Crippen MR) is 150 cm³/mol. The number of alkyl carbamates (subject to hydrolysis) is 1. The van der Waals surface area contributed by atoms with Crippen LogP contribution in [0.3, 0.4) is 0 Å². The molecule has 2 heterocycles. The Bertz CT molecular complexity index is 1350. The molecule has 8 heteroatoms. The van der Waals surface area contributed by atoms with Crippen molar-refractivity contribution in [2.75, 3.05) is 19.7 Å². The van der Waals surface area contributed by atoms with Crippen LogP contribution in [-0.2, 0) is 20.9 Å². The van der Waals surface area contributed by atoms with E-state index in [0.29, 0.717) is 13.1 Å². The number of aliphatic carboxylic acids is 1. The van der Waals surface area contributed by atoms with E-state index in [0.717, 1.165) is 41.6 Å². The van der Waals surface area contributed by atoms with E-state index < -0.39 is 24.5 Å². The molecular weight excluding hydrogens is 506 g/mol. The molecule has 2 aliphatic heterocycles. The summed E-state index contributed by atoms with van der Waals surface area (Å²) in [6, 6.07) is 25.6. The minimum Gasteiger partial charge on any atom is -0.481 e. The molecule has 2 bridgehead atoms. The number of rotatable bonds is 8. The summed E-state index contributed by atoms with van der Waals surface area (Å²) in [6.45, 7) is 1.96. The number of carbonyl (C=O) groups excluding carboxylic acids is 2. The molecule has 40 heavy (non-hydrogen) atoms. The molecule has 1 aliphatic carbocycles. The molecule has 2 fully saturated rings. The molecule has 206 valence electrons. The van der Waals surface area contributed by atoms with Gasteiger partial charge in [-0.3, -0.25) is 14.5 Å². The van der Waals surface area contributed by atoms with Gasteiger partial charge >= 0.3 is 12.1 Å². The number of carboxylic acid groups (broad SMARTS) is 1. The summed E-state index contributed by atoms with van der Waals surface area (Å²) in [6.07, 6.45) is 0.699. The zero-order valence-electron chi connectivity index (χ0n) is 22.2. The summed E-state index contributed by atoms with van der Waals surface area (Å²) < 4.78 is 5.61. The Morgan fingerprint density at radius 2 is 1.43 bits per heavy atom. The number of nitrogens with one attached hydrogen (secondary N) is 1. The zero-order chi connectivity index (χ0) is 27.6. The lowest BCUT2D eigenvalue weighted by Gasteiger charge is -2.42. The standard InChI is InChI=1S/C32H33N3O5/c36-30(37)16-29(31(38)34-18-22-14-15-23(19-34)35(22)17-21-8-2-1-3-9-21)33-32(39)40-20-28-26-12-6-4-10-24(26)25-11-5-7-13-27(25)28/h1-13,22-23,28-29H,14-20H2,(H,33,39)(H,36,37)/t22-,23+,29?. The average Bonchev–Trinajstić information content (AvgIpc) is 3.39. The zero-order valence-corrected chi connectivity index (χ0v) is 22.2. The van der Waals surface area contributed by atoms with Gasteiger partial charge < -0.3 is 20.1 Å². The van der Waals surface area contributed by atoms with Crippen molar-refractivity contribution in [2.45, 2.75) is 49.9 Å². The topological polar surface area (TPSA) is 99.2 Å². The number of hydrogen-bond donors (Lipinski definition) is 2. The highest BCUT2D eigenvalue weighted by molar-refractivity contribution is 5.89. The van der Waals surface area contributed by atoms with Gasteiger partial charge in [0.15, 0.2) is 0 Å². The lowest BCUT2D eigenvalue weighted by Crippen LogP contribution is -2.59.